The van der Waals surface area contributed by atoms with E-state index in [1.165, 1.54) is 31.0 Å². The molecule has 1 unspecified atom stereocenters. The lowest BCUT2D eigenvalue weighted by Crippen LogP contribution is -2.29. The monoisotopic (exact) mass is 558 g/mol. The van der Waals surface area contributed by atoms with Crippen LogP contribution in [0.4, 0.5) is 4.39 Å². The molecule has 6 rings (SSSR count). The maximum absolute atomic E-state index is 15.0. The molecule has 0 bridgehead atoms. The van der Waals surface area contributed by atoms with Gasteiger partial charge in [0.1, 0.15) is 17.7 Å². The molecular formula is C34H39FN2O4. The van der Waals surface area contributed by atoms with Crippen molar-refractivity contribution in [2.24, 2.45) is 11.8 Å². The number of fused-ring (bicyclic) bond motifs is 1. The van der Waals surface area contributed by atoms with Crippen LogP contribution in [0, 0.1) is 17.7 Å². The maximum atomic E-state index is 15.0. The van der Waals surface area contributed by atoms with E-state index in [-0.39, 0.29) is 17.8 Å². The molecular weight excluding hydrogens is 519 g/mol. The molecule has 0 amide bonds. The summed E-state index contributed by atoms with van der Waals surface area (Å²) in [7, 11) is 1.54. The average Bonchev–Trinajstić information content (AvgIpc) is 3.83. The number of hydrogen-bond donors (Lipinski definition) is 1. The second-order valence-electron chi connectivity index (χ2n) is 12.0. The fourth-order valence-corrected chi connectivity index (χ4v) is 6.71. The molecule has 2 aromatic carbocycles. The Morgan fingerprint density at radius 3 is 2.63 bits per heavy atom. The van der Waals surface area contributed by atoms with Gasteiger partial charge >= 0.3 is 5.97 Å². The quantitative estimate of drug-likeness (QED) is 0.300. The Hall–Kier alpha value is -3.45. The molecule has 216 valence electrons. The number of ether oxygens (including phenoxy) is 2. The van der Waals surface area contributed by atoms with Crippen LogP contribution in [0.15, 0.2) is 48.7 Å². The molecule has 1 saturated heterocycles. The lowest BCUT2D eigenvalue weighted by Gasteiger charge is -2.30. The molecule has 1 aromatic heterocycles. The molecule has 0 radical (unpaired) electrons. The second kappa shape index (κ2) is 11.8. The Bertz CT molecular complexity index is 1420. The first-order valence-electron chi connectivity index (χ1n) is 15.0. The number of nitrogens with zero attached hydrogens (tertiary/aromatic N) is 2. The molecule has 6 nitrogen and oxygen atoms in total. The van der Waals surface area contributed by atoms with Gasteiger partial charge in [0.25, 0.3) is 0 Å². The number of likely N-dealkylation sites (tertiary alicyclic amines) is 1. The highest BCUT2D eigenvalue weighted by molar-refractivity contribution is 5.71. The van der Waals surface area contributed by atoms with Crippen molar-refractivity contribution in [3.63, 3.8) is 0 Å². The van der Waals surface area contributed by atoms with Crippen LogP contribution in [-0.2, 0) is 17.8 Å². The van der Waals surface area contributed by atoms with Crippen LogP contribution < -0.4 is 9.47 Å². The summed E-state index contributed by atoms with van der Waals surface area (Å²) in [6, 6.07) is 14.2. The summed E-state index contributed by atoms with van der Waals surface area (Å²) in [5, 5.41) is 9.75. The number of aromatic nitrogens is 1. The van der Waals surface area contributed by atoms with E-state index in [1.54, 1.807) is 13.2 Å². The number of hydrogen-bond acceptors (Lipinski definition) is 5. The van der Waals surface area contributed by atoms with Gasteiger partial charge in [-0.05, 0) is 97.3 Å². The van der Waals surface area contributed by atoms with Gasteiger partial charge in [0, 0.05) is 18.2 Å². The normalized spacial score (nSPS) is 20.5. The predicted octanol–water partition coefficient (Wildman–Crippen LogP) is 7.16. The number of methoxy groups -OCH3 is 1. The van der Waals surface area contributed by atoms with E-state index >= 15 is 4.39 Å². The minimum absolute atomic E-state index is 0.00413. The van der Waals surface area contributed by atoms with E-state index < -0.39 is 11.9 Å². The van der Waals surface area contributed by atoms with Gasteiger partial charge in [0.05, 0.1) is 19.2 Å². The highest BCUT2D eigenvalue weighted by Gasteiger charge is 2.39. The SMILES string of the molecule is COc1cc(-c2ccc(C3CCc4ccc([C@H](C5CC5)[C@H](C)C(=O)O)cc4O3)cc2CN2CCCCC2)c(F)cn1. The molecule has 3 aliphatic rings. The zero-order chi connectivity index (χ0) is 28.5. The van der Waals surface area contributed by atoms with E-state index in [4.69, 9.17) is 9.47 Å². The Labute approximate surface area is 241 Å². The van der Waals surface area contributed by atoms with Crippen LogP contribution in [0.1, 0.15) is 79.7 Å². The number of carboxylic acids is 1. The summed E-state index contributed by atoms with van der Waals surface area (Å²) in [6.45, 7) is 4.65. The topological polar surface area (TPSA) is 71.9 Å². The van der Waals surface area contributed by atoms with Crippen LogP contribution in [0.3, 0.4) is 0 Å². The molecule has 1 saturated carbocycles. The zero-order valence-corrected chi connectivity index (χ0v) is 23.9. The molecule has 1 aliphatic carbocycles. The van der Waals surface area contributed by atoms with E-state index in [2.05, 4.69) is 40.2 Å². The molecule has 2 fully saturated rings. The van der Waals surface area contributed by atoms with Crippen LogP contribution in [-0.4, -0.2) is 41.2 Å². The Morgan fingerprint density at radius 1 is 1.10 bits per heavy atom. The number of halogens is 1. The number of benzene rings is 2. The minimum Gasteiger partial charge on any atom is -0.485 e. The van der Waals surface area contributed by atoms with Gasteiger partial charge in [0.2, 0.25) is 5.88 Å². The van der Waals surface area contributed by atoms with Crippen molar-refractivity contribution in [3.8, 4) is 22.8 Å². The molecule has 41 heavy (non-hydrogen) atoms. The van der Waals surface area contributed by atoms with Gasteiger partial charge in [-0.3, -0.25) is 9.69 Å². The van der Waals surface area contributed by atoms with Crippen molar-refractivity contribution in [2.45, 2.75) is 70.4 Å². The third-order valence-corrected chi connectivity index (χ3v) is 9.15. The van der Waals surface area contributed by atoms with Crippen LogP contribution in [0.2, 0.25) is 0 Å². The maximum Gasteiger partial charge on any atom is 0.306 e. The zero-order valence-electron chi connectivity index (χ0n) is 23.9. The third kappa shape index (κ3) is 5.96. The summed E-state index contributed by atoms with van der Waals surface area (Å²) in [4.78, 5) is 18.4. The van der Waals surface area contributed by atoms with E-state index in [9.17, 15) is 9.90 Å². The first kappa shape index (κ1) is 27.7. The largest absolute Gasteiger partial charge is 0.485 e. The van der Waals surface area contributed by atoms with Gasteiger partial charge in [-0.15, -0.1) is 0 Å². The van der Waals surface area contributed by atoms with Crippen LogP contribution in [0.5, 0.6) is 11.6 Å². The number of rotatable bonds is 9. The Kier molecular flexibility index (Phi) is 7.98. The van der Waals surface area contributed by atoms with Crippen LogP contribution in [0.25, 0.3) is 11.1 Å². The third-order valence-electron chi connectivity index (χ3n) is 9.15. The molecule has 3 heterocycles. The van der Waals surface area contributed by atoms with Gasteiger partial charge in [0.15, 0.2) is 0 Å². The summed E-state index contributed by atoms with van der Waals surface area (Å²) in [5.41, 5.74) is 5.72. The Morgan fingerprint density at radius 2 is 1.90 bits per heavy atom. The average molecular weight is 559 g/mol. The standard InChI is InChI=1S/C34H39FN2O4/c1-21(34(38)39)33(23-7-8-23)25-9-6-22-11-13-30(41-31(22)17-25)24-10-12-27(28-18-32(40-2)36-19-29(28)35)26(16-24)20-37-14-4-3-5-15-37/h6,9-10,12,16-19,21,23,30,33H,3-5,7-8,11,13-15,20H2,1-2H3,(H,38,39)/t21-,30?,33-/m0/s1. The second-order valence-corrected chi connectivity index (χ2v) is 12.0. The van der Waals surface area contributed by atoms with Crippen molar-refractivity contribution in [1.29, 1.82) is 0 Å². The fraction of sp³-hybridized carbons (Fsp3) is 0.471. The van der Waals surface area contributed by atoms with Gasteiger partial charge in [-0.1, -0.05) is 43.7 Å². The minimum atomic E-state index is -0.747. The lowest BCUT2D eigenvalue weighted by molar-refractivity contribution is -0.142. The van der Waals surface area contributed by atoms with E-state index in [1.807, 2.05) is 13.0 Å². The van der Waals surface area contributed by atoms with Crippen molar-refractivity contribution in [2.75, 3.05) is 20.2 Å². The van der Waals surface area contributed by atoms with E-state index in [0.29, 0.717) is 17.4 Å². The van der Waals surface area contributed by atoms with Gasteiger partial charge < -0.3 is 14.6 Å². The molecule has 3 aromatic rings. The molecule has 1 N–H and O–H groups in total. The lowest BCUT2D eigenvalue weighted by atomic mass is 9.82. The predicted molar refractivity (Wildman–Crippen MR) is 156 cm³/mol. The van der Waals surface area contributed by atoms with Gasteiger partial charge in [-0.2, -0.15) is 0 Å². The number of aliphatic carboxylic acids is 1. The molecule has 2 aliphatic heterocycles. The number of aryl methyl sites for hydroxylation is 1. The van der Waals surface area contributed by atoms with Crippen molar-refractivity contribution in [1.82, 2.24) is 9.88 Å². The van der Waals surface area contributed by atoms with E-state index in [0.717, 1.165) is 73.3 Å². The number of carbonyl (C=O) groups is 1. The van der Waals surface area contributed by atoms with Crippen LogP contribution >= 0.6 is 0 Å². The number of carboxylic acid groups (broad SMARTS) is 1. The fourth-order valence-electron chi connectivity index (χ4n) is 6.71. The van der Waals surface area contributed by atoms with Crippen molar-refractivity contribution >= 4 is 5.97 Å². The van der Waals surface area contributed by atoms with Gasteiger partial charge in [-0.25, -0.2) is 9.37 Å². The Balaban J connectivity index is 1.31. The summed E-state index contributed by atoms with van der Waals surface area (Å²) in [6.07, 6.45) is 8.62. The molecule has 7 heteroatoms. The summed E-state index contributed by atoms with van der Waals surface area (Å²) >= 11 is 0. The number of piperidine rings is 1. The first-order valence-corrected chi connectivity index (χ1v) is 15.0. The van der Waals surface area contributed by atoms with Crippen molar-refractivity contribution < 1.29 is 23.8 Å². The smallest absolute Gasteiger partial charge is 0.306 e. The summed E-state index contributed by atoms with van der Waals surface area (Å²) in [5.74, 6) is 0.127. The van der Waals surface area contributed by atoms with Crippen molar-refractivity contribution in [3.05, 3.63) is 76.7 Å². The summed E-state index contributed by atoms with van der Waals surface area (Å²) < 4.78 is 27.0. The molecule has 0 spiro atoms. The molecule has 3 atom stereocenters. The highest BCUT2D eigenvalue weighted by atomic mass is 19.1. The first-order chi connectivity index (χ1) is 19.9. The number of pyridine rings is 1. The highest BCUT2D eigenvalue weighted by Crippen LogP contribution is 2.48.